The number of piperidine rings is 1. The maximum absolute atomic E-state index is 11.4. The van der Waals surface area contributed by atoms with E-state index in [-0.39, 0.29) is 0 Å². The van der Waals surface area contributed by atoms with Crippen LogP contribution in [-0.4, -0.2) is 24.0 Å². The fourth-order valence-corrected chi connectivity index (χ4v) is 3.31. The summed E-state index contributed by atoms with van der Waals surface area (Å²) in [5.41, 5.74) is 10.1. The van der Waals surface area contributed by atoms with Crippen LogP contribution in [-0.2, 0) is 6.61 Å². The van der Waals surface area contributed by atoms with E-state index in [0.717, 1.165) is 48.3 Å². The Morgan fingerprint density at radius 3 is 2.68 bits per heavy atom. The first-order valence-corrected chi connectivity index (χ1v) is 8.75. The molecule has 1 aliphatic rings. The summed E-state index contributed by atoms with van der Waals surface area (Å²) < 4.78 is 5.92. The second-order valence-corrected chi connectivity index (χ2v) is 6.60. The van der Waals surface area contributed by atoms with Gasteiger partial charge in [0.25, 0.3) is 0 Å². The Bertz CT molecular complexity index is 768. The molecule has 5 nitrogen and oxygen atoms in total. The van der Waals surface area contributed by atoms with Gasteiger partial charge < -0.3 is 15.8 Å². The smallest absolute Gasteiger partial charge is 0.248 e. The molecule has 5 heteroatoms. The molecule has 0 aliphatic carbocycles. The maximum Gasteiger partial charge on any atom is 0.248 e. The van der Waals surface area contributed by atoms with Gasteiger partial charge in [-0.2, -0.15) is 0 Å². The van der Waals surface area contributed by atoms with E-state index < -0.39 is 5.91 Å². The molecule has 0 saturated carbocycles. The fourth-order valence-electron chi connectivity index (χ4n) is 3.31. The number of nitrogens with zero attached hydrogens (tertiary/aromatic N) is 1. The van der Waals surface area contributed by atoms with Gasteiger partial charge in [0, 0.05) is 23.2 Å². The Morgan fingerprint density at radius 2 is 1.96 bits per heavy atom. The van der Waals surface area contributed by atoms with Crippen molar-refractivity contribution in [3.05, 3.63) is 58.3 Å². The molecule has 1 saturated heterocycles. The van der Waals surface area contributed by atoms with Gasteiger partial charge in [0.15, 0.2) is 0 Å². The van der Waals surface area contributed by atoms with Crippen molar-refractivity contribution < 1.29 is 9.53 Å². The molecule has 132 valence electrons. The number of carbonyl (C=O) groups excluding carboxylic acids is 1. The van der Waals surface area contributed by atoms with Crippen LogP contribution in [0.2, 0.25) is 0 Å². The average Bonchev–Trinajstić information content (AvgIpc) is 2.63. The van der Waals surface area contributed by atoms with Gasteiger partial charge in [-0.3, -0.25) is 4.79 Å². The molecule has 3 N–H and O–H groups in total. The van der Waals surface area contributed by atoms with Crippen molar-refractivity contribution in [3.8, 4) is 5.88 Å². The highest BCUT2D eigenvalue weighted by molar-refractivity contribution is 5.94. The minimum Gasteiger partial charge on any atom is -0.473 e. The summed E-state index contributed by atoms with van der Waals surface area (Å²) in [7, 11) is 0. The average molecular weight is 339 g/mol. The molecule has 0 bridgehead atoms. The number of nitrogens with two attached hydrogens (primary N) is 1. The lowest BCUT2D eigenvalue weighted by atomic mass is 9.94. The number of pyridine rings is 1. The van der Waals surface area contributed by atoms with Crippen LogP contribution in [0.15, 0.2) is 30.3 Å². The lowest BCUT2D eigenvalue weighted by Gasteiger charge is -2.22. The van der Waals surface area contributed by atoms with Gasteiger partial charge in [-0.05, 0) is 68.6 Å². The van der Waals surface area contributed by atoms with Crippen molar-refractivity contribution in [2.45, 2.75) is 39.2 Å². The molecular weight excluding hydrogens is 314 g/mol. The zero-order chi connectivity index (χ0) is 17.8. The number of amides is 1. The quantitative estimate of drug-likeness (QED) is 0.878. The Kier molecular flexibility index (Phi) is 5.34. The molecule has 0 atom stereocenters. The van der Waals surface area contributed by atoms with Crippen molar-refractivity contribution in [2.75, 3.05) is 13.1 Å². The van der Waals surface area contributed by atoms with E-state index >= 15 is 0 Å². The fraction of sp³-hybridized carbons (Fsp3) is 0.400. The van der Waals surface area contributed by atoms with Crippen molar-refractivity contribution in [2.24, 2.45) is 5.73 Å². The third-order valence-electron chi connectivity index (χ3n) is 5.04. The number of nitrogens with one attached hydrogen (secondary N) is 1. The number of rotatable bonds is 5. The minimum absolute atomic E-state index is 0.399. The molecule has 1 aromatic heterocycles. The molecule has 2 heterocycles. The molecule has 0 spiro atoms. The number of ether oxygens (including phenoxy) is 1. The number of aromatic nitrogens is 1. The maximum atomic E-state index is 11.4. The summed E-state index contributed by atoms with van der Waals surface area (Å²) in [4.78, 5) is 16.1. The molecule has 1 aliphatic heterocycles. The van der Waals surface area contributed by atoms with Crippen molar-refractivity contribution in [3.63, 3.8) is 0 Å². The first kappa shape index (κ1) is 17.4. The second-order valence-electron chi connectivity index (χ2n) is 6.60. The second kappa shape index (κ2) is 7.66. The molecule has 25 heavy (non-hydrogen) atoms. The highest BCUT2D eigenvalue weighted by atomic mass is 16.5. The third kappa shape index (κ3) is 3.99. The number of benzene rings is 1. The van der Waals surface area contributed by atoms with Crippen LogP contribution < -0.4 is 15.8 Å². The topological polar surface area (TPSA) is 77.2 Å². The van der Waals surface area contributed by atoms with Gasteiger partial charge in [0.1, 0.15) is 6.61 Å². The minimum atomic E-state index is -0.399. The Hall–Kier alpha value is -2.40. The molecule has 1 fully saturated rings. The van der Waals surface area contributed by atoms with E-state index in [4.69, 9.17) is 10.5 Å². The molecule has 2 aromatic rings. The van der Waals surface area contributed by atoms with E-state index in [2.05, 4.69) is 16.4 Å². The molecule has 0 radical (unpaired) electrons. The Balaban J connectivity index is 1.71. The summed E-state index contributed by atoms with van der Waals surface area (Å²) in [6.07, 6.45) is 2.23. The molecule has 1 aromatic carbocycles. The van der Waals surface area contributed by atoms with Crippen LogP contribution in [0.3, 0.4) is 0 Å². The largest absolute Gasteiger partial charge is 0.473 e. The van der Waals surface area contributed by atoms with E-state index in [1.807, 2.05) is 32.0 Å². The van der Waals surface area contributed by atoms with Gasteiger partial charge in [-0.25, -0.2) is 4.98 Å². The Morgan fingerprint density at radius 1 is 1.20 bits per heavy atom. The lowest BCUT2D eigenvalue weighted by molar-refractivity contribution is 0.0999. The van der Waals surface area contributed by atoms with Crippen LogP contribution in [0.25, 0.3) is 0 Å². The van der Waals surface area contributed by atoms with Gasteiger partial charge in [0.05, 0.1) is 0 Å². The zero-order valence-electron chi connectivity index (χ0n) is 14.8. The Labute approximate surface area is 148 Å². The lowest BCUT2D eigenvalue weighted by Crippen LogP contribution is -2.27. The SMILES string of the molecule is Cc1c(COc2cccc(C3CCNCC3)n2)ccc(C(N)=O)c1C. The first-order chi connectivity index (χ1) is 12.1. The predicted octanol–water partition coefficient (Wildman–Crippen LogP) is 2.84. The van der Waals surface area contributed by atoms with E-state index in [1.54, 1.807) is 6.07 Å². The monoisotopic (exact) mass is 339 g/mol. The van der Waals surface area contributed by atoms with Gasteiger partial charge in [-0.1, -0.05) is 12.1 Å². The van der Waals surface area contributed by atoms with E-state index in [0.29, 0.717) is 24.0 Å². The van der Waals surface area contributed by atoms with Crippen LogP contribution in [0, 0.1) is 13.8 Å². The van der Waals surface area contributed by atoms with Gasteiger partial charge in [0.2, 0.25) is 11.8 Å². The van der Waals surface area contributed by atoms with E-state index in [9.17, 15) is 4.79 Å². The number of primary amides is 1. The summed E-state index contributed by atoms with van der Waals surface area (Å²) in [6, 6.07) is 9.65. The number of carbonyl (C=O) groups is 1. The number of hydrogen-bond donors (Lipinski definition) is 2. The summed E-state index contributed by atoms with van der Waals surface area (Å²) in [5, 5.41) is 3.38. The van der Waals surface area contributed by atoms with Crippen molar-refractivity contribution in [1.29, 1.82) is 0 Å². The molecule has 0 unspecified atom stereocenters. The van der Waals surface area contributed by atoms with Crippen molar-refractivity contribution in [1.82, 2.24) is 10.3 Å². The van der Waals surface area contributed by atoms with Gasteiger partial charge >= 0.3 is 0 Å². The first-order valence-electron chi connectivity index (χ1n) is 8.75. The summed E-state index contributed by atoms with van der Waals surface area (Å²) in [5.74, 6) is 0.750. The highest BCUT2D eigenvalue weighted by Crippen LogP contribution is 2.25. The molecule has 3 rings (SSSR count). The standard InChI is InChI=1S/C20H25N3O2/c1-13-14(2)17(20(21)24)7-6-16(13)12-25-19-5-3-4-18(23-19)15-8-10-22-11-9-15/h3-7,15,22H,8-12H2,1-2H3,(H2,21,24). The van der Waals surface area contributed by atoms with Crippen LogP contribution in [0.4, 0.5) is 0 Å². The summed E-state index contributed by atoms with van der Waals surface area (Å²) in [6.45, 7) is 6.41. The van der Waals surface area contributed by atoms with Crippen LogP contribution in [0.1, 0.15) is 51.5 Å². The summed E-state index contributed by atoms with van der Waals surface area (Å²) >= 11 is 0. The van der Waals surface area contributed by atoms with Crippen molar-refractivity contribution >= 4 is 5.91 Å². The third-order valence-corrected chi connectivity index (χ3v) is 5.04. The molecular formula is C20H25N3O2. The normalized spacial score (nSPS) is 15.1. The van der Waals surface area contributed by atoms with Crippen LogP contribution in [0.5, 0.6) is 5.88 Å². The highest BCUT2D eigenvalue weighted by Gasteiger charge is 2.17. The van der Waals surface area contributed by atoms with Gasteiger partial charge in [-0.15, -0.1) is 0 Å². The van der Waals surface area contributed by atoms with Crippen LogP contribution >= 0.6 is 0 Å². The number of hydrogen-bond acceptors (Lipinski definition) is 4. The predicted molar refractivity (Wildman–Crippen MR) is 97.8 cm³/mol. The van der Waals surface area contributed by atoms with E-state index in [1.165, 1.54) is 0 Å². The zero-order valence-corrected chi connectivity index (χ0v) is 14.8. The molecule has 1 amide bonds.